The van der Waals surface area contributed by atoms with Crippen molar-refractivity contribution in [1.29, 1.82) is 0 Å². The van der Waals surface area contributed by atoms with Crippen LogP contribution >= 0.6 is 22.6 Å². The molecule has 0 saturated heterocycles. The minimum atomic E-state index is -4.51. The first-order valence-corrected chi connectivity index (χ1v) is 7.83. The lowest BCUT2D eigenvalue weighted by atomic mass is 10.2. The van der Waals surface area contributed by atoms with Gasteiger partial charge in [-0.05, 0) is 55.5 Å². The van der Waals surface area contributed by atoms with Crippen LogP contribution < -0.4 is 4.74 Å². The lowest BCUT2D eigenvalue weighted by Crippen LogP contribution is -2.22. The van der Waals surface area contributed by atoms with Gasteiger partial charge in [0, 0.05) is 12.5 Å². The van der Waals surface area contributed by atoms with E-state index in [0.29, 0.717) is 9.99 Å². The number of carbonyl (C=O) groups excluding carboxylic acids is 1. The van der Waals surface area contributed by atoms with Gasteiger partial charge in [-0.2, -0.15) is 13.2 Å². The maximum absolute atomic E-state index is 12.6. The van der Waals surface area contributed by atoms with E-state index in [4.69, 9.17) is 9.47 Å². The molecule has 0 aromatic carbocycles. The number of esters is 1. The van der Waals surface area contributed by atoms with Gasteiger partial charge >= 0.3 is 12.1 Å². The first kappa shape index (κ1) is 19.7. The van der Waals surface area contributed by atoms with Crippen molar-refractivity contribution >= 4 is 28.6 Å². The van der Waals surface area contributed by atoms with Gasteiger partial charge in [-0.15, -0.1) is 0 Å². The number of hydrogen-bond acceptors (Lipinski definition) is 4. The minimum absolute atomic E-state index is 0.0777. The summed E-state index contributed by atoms with van der Waals surface area (Å²) in [4.78, 5) is 14.9. The summed E-state index contributed by atoms with van der Waals surface area (Å²) in [6.45, 7) is 5.36. The van der Waals surface area contributed by atoms with Crippen molar-refractivity contribution in [1.82, 2.24) is 4.98 Å². The largest absolute Gasteiger partial charge is 0.477 e. The van der Waals surface area contributed by atoms with E-state index >= 15 is 0 Å². The second kappa shape index (κ2) is 7.98. The molecule has 0 radical (unpaired) electrons. The zero-order valence-corrected chi connectivity index (χ0v) is 15.1. The average molecular weight is 443 g/mol. The Morgan fingerprint density at radius 1 is 1.30 bits per heavy atom. The van der Waals surface area contributed by atoms with Crippen LogP contribution in [-0.2, 0) is 15.7 Å². The average Bonchev–Trinajstić information content (AvgIpc) is 2.36. The normalized spacial score (nSPS) is 12.5. The van der Waals surface area contributed by atoms with Gasteiger partial charge in [0.25, 0.3) is 0 Å². The smallest absolute Gasteiger partial charge is 0.433 e. The van der Waals surface area contributed by atoms with Crippen molar-refractivity contribution in [3.63, 3.8) is 0 Å². The molecule has 4 nitrogen and oxygen atoms in total. The summed E-state index contributed by atoms with van der Waals surface area (Å²) >= 11 is 1.84. The highest BCUT2D eigenvalue weighted by atomic mass is 127. The standard InChI is InChI=1S/C15H17F3INO3/c1-14(2,3)23-12(21)6-4-5-9-22-13-10(19)7-8-11(20-13)15(16,17)18/h4,6-8H,5,9H2,1-3H3. The van der Waals surface area contributed by atoms with E-state index in [9.17, 15) is 18.0 Å². The predicted octanol–water partition coefficient (Wildman–Crippen LogP) is 4.37. The van der Waals surface area contributed by atoms with Crippen LogP contribution in [0, 0.1) is 3.57 Å². The molecule has 8 heteroatoms. The van der Waals surface area contributed by atoms with Crippen molar-refractivity contribution in [2.45, 2.75) is 39.0 Å². The molecule has 0 bridgehead atoms. The van der Waals surface area contributed by atoms with Crippen LogP contribution in [0.3, 0.4) is 0 Å². The van der Waals surface area contributed by atoms with Crippen LogP contribution in [0.4, 0.5) is 13.2 Å². The molecule has 23 heavy (non-hydrogen) atoms. The maximum atomic E-state index is 12.6. The van der Waals surface area contributed by atoms with Gasteiger partial charge in [-0.25, -0.2) is 9.78 Å². The van der Waals surface area contributed by atoms with E-state index in [0.717, 1.165) is 6.07 Å². The van der Waals surface area contributed by atoms with Crippen LogP contribution in [0.25, 0.3) is 0 Å². The lowest BCUT2D eigenvalue weighted by Gasteiger charge is -2.17. The molecule has 0 atom stereocenters. The highest BCUT2D eigenvalue weighted by Gasteiger charge is 2.33. The van der Waals surface area contributed by atoms with E-state index in [2.05, 4.69) is 4.98 Å². The van der Waals surface area contributed by atoms with E-state index < -0.39 is 23.4 Å². The Bertz CT molecular complexity index is 580. The van der Waals surface area contributed by atoms with Crippen molar-refractivity contribution in [2.75, 3.05) is 6.61 Å². The molecule has 0 N–H and O–H groups in total. The number of aromatic nitrogens is 1. The summed E-state index contributed by atoms with van der Waals surface area (Å²) in [5, 5.41) is 0. The highest BCUT2D eigenvalue weighted by Crippen LogP contribution is 2.30. The maximum Gasteiger partial charge on any atom is 0.433 e. The molecule has 0 aliphatic heterocycles. The third-order valence-electron chi connectivity index (χ3n) is 2.29. The van der Waals surface area contributed by atoms with Crippen LogP contribution in [0.1, 0.15) is 32.9 Å². The molecule has 0 aliphatic carbocycles. The van der Waals surface area contributed by atoms with Gasteiger partial charge in [0.1, 0.15) is 11.3 Å². The Hall–Kier alpha value is -1.32. The molecule has 0 aliphatic rings. The molecule has 0 fully saturated rings. The summed E-state index contributed by atoms with van der Waals surface area (Å²) in [6.07, 6.45) is -1.37. The minimum Gasteiger partial charge on any atom is -0.477 e. The molecule has 1 heterocycles. The highest BCUT2D eigenvalue weighted by molar-refractivity contribution is 14.1. The van der Waals surface area contributed by atoms with E-state index in [1.807, 2.05) is 22.6 Å². The molecule has 0 spiro atoms. The molecule has 1 aromatic heterocycles. The molecular weight excluding hydrogens is 426 g/mol. The van der Waals surface area contributed by atoms with Gasteiger partial charge in [0.2, 0.25) is 5.88 Å². The fourth-order valence-corrected chi connectivity index (χ4v) is 1.88. The number of ether oxygens (including phenoxy) is 2. The summed E-state index contributed by atoms with van der Waals surface area (Å²) in [6, 6.07) is 2.19. The second-order valence-corrected chi connectivity index (χ2v) is 6.72. The zero-order valence-electron chi connectivity index (χ0n) is 12.9. The molecular formula is C15H17F3INO3. The fraction of sp³-hybridized carbons (Fsp3) is 0.467. The fourth-order valence-electron chi connectivity index (χ4n) is 1.42. The van der Waals surface area contributed by atoms with E-state index in [1.165, 1.54) is 18.2 Å². The van der Waals surface area contributed by atoms with Gasteiger partial charge in [-0.1, -0.05) is 6.08 Å². The molecule has 128 valence electrons. The number of pyridine rings is 1. The first-order chi connectivity index (χ1) is 10.5. The number of hydrogen-bond donors (Lipinski definition) is 0. The van der Waals surface area contributed by atoms with Crippen molar-refractivity contribution in [2.24, 2.45) is 0 Å². The van der Waals surface area contributed by atoms with E-state index in [-0.39, 0.29) is 12.5 Å². The van der Waals surface area contributed by atoms with Crippen LogP contribution in [0.2, 0.25) is 0 Å². The van der Waals surface area contributed by atoms with Crippen molar-refractivity contribution in [3.8, 4) is 5.88 Å². The van der Waals surface area contributed by atoms with E-state index in [1.54, 1.807) is 20.8 Å². The molecule has 0 unspecified atom stereocenters. The summed E-state index contributed by atoms with van der Waals surface area (Å²) in [5.74, 6) is -0.560. The Morgan fingerprint density at radius 3 is 2.52 bits per heavy atom. The van der Waals surface area contributed by atoms with Crippen molar-refractivity contribution in [3.05, 3.63) is 33.5 Å². The summed E-state index contributed by atoms with van der Waals surface area (Å²) in [5.41, 5.74) is -1.58. The Kier molecular flexibility index (Phi) is 6.84. The second-order valence-electron chi connectivity index (χ2n) is 5.55. The van der Waals surface area contributed by atoms with Crippen LogP contribution in [-0.4, -0.2) is 23.2 Å². The Labute approximate surface area is 146 Å². The molecule has 1 aromatic rings. The Morgan fingerprint density at radius 2 is 1.96 bits per heavy atom. The molecule has 1 rings (SSSR count). The number of halogens is 4. The number of rotatable bonds is 5. The number of nitrogens with zero attached hydrogens (tertiary/aromatic N) is 1. The third-order valence-corrected chi connectivity index (χ3v) is 3.11. The van der Waals surface area contributed by atoms with Gasteiger partial charge in [0.15, 0.2) is 0 Å². The van der Waals surface area contributed by atoms with Crippen molar-refractivity contribution < 1.29 is 27.4 Å². The topological polar surface area (TPSA) is 48.4 Å². The van der Waals surface area contributed by atoms with Gasteiger partial charge in [-0.3, -0.25) is 0 Å². The number of alkyl halides is 3. The SMILES string of the molecule is CC(C)(C)OC(=O)C=CCCOc1nc(C(F)(F)F)ccc1I. The van der Waals surface area contributed by atoms with Gasteiger partial charge < -0.3 is 9.47 Å². The summed E-state index contributed by atoms with van der Waals surface area (Å²) < 4.78 is 48.5. The van der Waals surface area contributed by atoms with Crippen LogP contribution in [0.15, 0.2) is 24.3 Å². The van der Waals surface area contributed by atoms with Gasteiger partial charge in [0.05, 0.1) is 10.2 Å². The molecule has 0 amide bonds. The quantitative estimate of drug-likeness (QED) is 0.294. The third kappa shape index (κ3) is 7.67. The monoisotopic (exact) mass is 443 g/mol. The zero-order chi connectivity index (χ0) is 17.7. The predicted molar refractivity (Wildman–Crippen MR) is 87.1 cm³/mol. The molecule has 0 saturated carbocycles. The lowest BCUT2D eigenvalue weighted by molar-refractivity contribution is -0.148. The Balaban J connectivity index is 2.52. The number of carbonyl (C=O) groups is 1. The van der Waals surface area contributed by atoms with Crippen LogP contribution in [0.5, 0.6) is 5.88 Å². The first-order valence-electron chi connectivity index (χ1n) is 6.75. The summed E-state index contributed by atoms with van der Waals surface area (Å²) in [7, 11) is 0.